The zero-order valence-corrected chi connectivity index (χ0v) is 22.5. The number of aromatic nitrogens is 1. The van der Waals surface area contributed by atoms with Gasteiger partial charge in [0.15, 0.2) is 5.96 Å². The van der Waals surface area contributed by atoms with Crippen LogP contribution in [0.5, 0.6) is 0 Å². The molecule has 8 nitrogen and oxygen atoms in total. The monoisotopic (exact) mass is 559 g/mol. The van der Waals surface area contributed by atoms with Crippen molar-refractivity contribution in [1.29, 1.82) is 0 Å². The van der Waals surface area contributed by atoms with E-state index in [0.29, 0.717) is 18.5 Å². The van der Waals surface area contributed by atoms with Gasteiger partial charge in [0, 0.05) is 64.6 Å². The molecular formula is C23H42IN7O. The Bertz CT molecular complexity index is 689. The van der Waals surface area contributed by atoms with E-state index in [1.807, 2.05) is 6.20 Å². The van der Waals surface area contributed by atoms with Gasteiger partial charge in [0.25, 0.3) is 0 Å². The van der Waals surface area contributed by atoms with E-state index in [9.17, 15) is 0 Å². The maximum Gasteiger partial charge on any atom is 0.191 e. The van der Waals surface area contributed by atoms with Gasteiger partial charge in [0.05, 0.1) is 19.8 Å². The predicted octanol–water partition coefficient (Wildman–Crippen LogP) is 1.86. The summed E-state index contributed by atoms with van der Waals surface area (Å²) in [5, 5.41) is 6.97. The Kier molecular flexibility index (Phi) is 12.0. The highest BCUT2D eigenvalue weighted by Crippen LogP contribution is 2.16. The molecule has 2 aliphatic rings. The quantitative estimate of drug-likeness (QED) is 0.287. The molecule has 0 radical (unpaired) electrons. The van der Waals surface area contributed by atoms with Gasteiger partial charge in [-0.05, 0) is 37.6 Å². The van der Waals surface area contributed by atoms with Gasteiger partial charge in [-0.2, -0.15) is 0 Å². The summed E-state index contributed by atoms with van der Waals surface area (Å²) >= 11 is 0. The van der Waals surface area contributed by atoms with Gasteiger partial charge in [0.1, 0.15) is 5.82 Å². The van der Waals surface area contributed by atoms with Crippen LogP contribution in [-0.4, -0.2) is 99.4 Å². The third-order valence-electron chi connectivity index (χ3n) is 6.16. The Morgan fingerprint density at radius 2 is 1.84 bits per heavy atom. The van der Waals surface area contributed by atoms with Gasteiger partial charge < -0.3 is 25.2 Å². The Labute approximate surface area is 211 Å². The number of nitrogens with one attached hydrogen (secondary N) is 2. The molecule has 0 aliphatic carbocycles. The summed E-state index contributed by atoms with van der Waals surface area (Å²) in [6.45, 7) is 16.9. The van der Waals surface area contributed by atoms with E-state index in [4.69, 9.17) is 9.73 Å². The lowest BCUT2D eigenvalue weighted by molar-refractivity contribution is 0.00752. The number of pyridine rings is 1. The molecule has 2 fully saturated rings. The van der Waals surface area contributed by atoms with Crippen LogP contribution in [-0.2, 0) is 11.3 Å². The average molecular weight is 560 g/mol. The van der Waals surface area contributed by atoms with Crippen molar-refractivity contribution < 1.29 is 4.74 Å². The smallest absolute Gasteiger partial charge is 0.191 e. The SMILES string of the molecule is CCNC(=NCc1ccnc(N2CCN(C)CC2)c1)NCC(C(C)C)N1CCOCC1.I. The zero-order valence-electron chi connectivity index (χ0n) is 20.2. The van der Waals surface area contributed by atoms with Crippen molar-refractivity contribution in [3.63, 3.8) is 0 Å². The second-order valence-electron chi connectivity index (χ2n) is 8.85. The molecule has 1 aromatic rings. The van der Waals surface area contributed by atoms with Crippen LogP contribution in [0.3, 0.4) is 0 Å². The molecule has 1 aromatic heterocycles. The third-order valence-corrected chi connectivity index (χ3v) is 6.16. The van der Waals surface area contributed by atoms with Crippen LogP contribution in [0.4, 0.5) is 5.82 Å². The van der Waals surface area contributed by atoms with Gasteiger partial charge >= 0.3 is 0 Å². The van der Waals surface area contributed by atoms with Crippen LogP contribution in [0.15, 0.2) is 23.3 Å². The van der Waals surface area contributed by atoms with Crippen LogP contribution in [0.1, 0.15) is 26.3 Å². The summed E-state index contributed by atoms with van der Waals surface area (Å²) < 4.78 is 5.53. The van der Waals surface area contributed by atoms with Crippen molar-refractivity contribution in [1.82, 2.24) is 25.4 Å². The number of ether oxygens (including phenoxy) is 1. The van der Waals surface area contributed by atoms with E-state index < -0.39 is 0 Å². The minimum absolute atomic E-state index is 0. The first kappa shape index (κ1) is 27.1. The zero-order chi connectivity index (χ0) is 22.1. The van der Waals surface area contributed by atoms with Crippen molar-refractivity contribution in [3.8, 4) is 0 Å². The average Bonchev–Trinajstić information content (AvgIpc) is 2.79. The lowest BCUT2D eigenvalue weighted by Gasteiger charge is -2.37. The van der Waals surface area contributed by atoms with E-state index in [1.165, 1.54) is 5.56 Å². The largest absolute Gasteiger partial charge is 0.379 e. The number of rotatable bonds is 8. The summed E-state index contributed by atoms with van der Waals surface area (Å²) in [4.78, 5) is 16.7. The second kappa shape index (κ2) is 14.2. The summed E-state index contributed by atoms with van der Waals surface area (Å²) in [6.07, 6.45) is 1.91. The summed E-state index contributed by atoms with van der Waals surface area (Å²) in [5.74, 6) is 2.50. The standard InChI is InChI=1S/C23H41N7O.HI/c1-5-24-23(27-18-21(19(2)3)29-12-14-31-15-13-29)26-17-20-6-7-25-22(16-20)30-10-8-28(4)9-11-30;/h6-7,16,19,21H,5,8-15,17-18H2,1-4H3,(H2,24,26,27);1H. The maximum absolute atomic E-state index is 5.53. The number of guanidine groups is 1. The molecular weight excluding hydrogens is 517 g/mol. The van der Waals surface area contributed by atoms with E-state index in [0.717, 1.165) is 77.3 Å². The number of nitrogens with zero attached hydrogens (tertiary/aromatic N) is 5. The number of anilines is 1. The molecule has 32 heavy (non-hydrogen) atoms. The topological polar surface area (TPSA) is 68.3 Å². The highest BCUT2D eigenvalue weighted by Gasteiger charge is 2.24. The van der Waals surface area contributed by atoms with Crippen molar-refractivity contribution in [3.05, 3.63) is 23.9 Å². The number of likely N-dealkylation sites (N-methyl/N-ethyl adjacent to an activating group) is 1. The Morgan fingerprint density at radius 3 is 2.50 bits per heavy atom. The fourth-order valence-corrected chi connectivity index (χ4v) is 4.18. The van der Waals surface area contributed by atoms with E-state index in [1.54, 1.807) is 0 Å². The molecule has 0 aromatic carbocycles. The first-order chi connectivity index (χ1) is 15.1. The Morgan fingerprint density at radius 1 is 1.12 bits per heavy atom. The molecule has 1 atom stereocenters. The number of hydrogen-bond donors (Lipinski definition) is 2. The summed E-state index contributed by atoms with van der Waals surface area (Å²) in [7, 11) is 2.17. The molecule has 2 saturated heterocycles. The van der Waals surface area contributed by atoms with E-state index in [2.05, 4.69) is 70.3 Å². The van der Waals surface area contributed by atoms with Crippen LogP contribution >= 0.6 is 24.0 Å². The normalized spacial score (nSPS) is 19.5. The lowest BCUT2D eigenvalue weighted by atomic mass is 10.0. The Hall–Kier alpha value is -1.17. The van der Waals surface area contributed by atoms with Crippen LogP contribution < -0.4 is 15.5 Å². The summed E-state index contributed by atoms with van der Waals surface area (Å²) in [5.41, 5.74) is 1.19. The summed E-state index contributed by atoms with van der Waals surface area (Å²) in [6, 6.07) is 4.72. The van der Waals surface area contributed by atoms with Crippen LogP contribution in [0.2, 0.25) is 0 Å². The van der Waals surface area contributed by atoms with Gasteiger partial charge in [-0.15, -0.1) is 24.0 Å². The fraction of sp³-hybridized carbons (Fsp3) is 0.739. The molecule has 0 saturated carbocycles. The molecule has 9 heteroatoms. The number of morpholine rings is 1. The highest BCUT2D eigenvalue weighted by atomic mass is 127. The van der Waals surface area contributed by atoms with E-state index >= 15 is 0 Å². The third kappa shape index (κ3) is 8.31. The number of aliphatic imine (C=N–C) groups is 1. The number of halogens is 1. The van der Waals surface area contributed by atoms with Crippen molar-refractivity contribution >= 4 is 35.8 Å². The molecule has 3 heterocycles. The first-order valence-corrected chi connectivity index (χ1v) is 11.8. The van der Waals surface area contributed by atoms with Gasteiger partial charge in [0.2, 0.25) is 0 Å². The molecule has 2 aliphatic heterocycles. The second-order valence-corrected chi connectivity index (χ2v) is 8.85. The number of piperazine rings is 1. The fourth-order valence-electron chi connectivity index (χ4n) is 4.18. The van der Waals surface area contributed by atoms with Crippen LogP contribution in [0.25, 0.3) is 0 Å². The lowest BCUT2D eigenvalue weighted by Crippen LogP contribution is -2.52. The molecule has 3 rings (SSSR count). The molecule has 1 unspecified atom stereocenters. The van der Waals surface area contributed by atoms with Crippen molar-refractivity contribution in [2.24, 2.45) is 10.9 Å². The van der Waals surface area contributed by atoms with Gasteiger partial charge in [-0.3, -0.25) is 4.90 Å². The van der Waals surface area contributed by atoms with Crippen LogP contribution in [0, 0.1) is 5.92 Å². The molecule has 182 valence electrons. The predicted molar refractivity (Wildman–Crippen MR) is 143 cm³/mol. The minimum Gasteiger partial charge on any atom is -0.379 e. The molecule has 0 bridgehead atoms. The van der Waals surface area contributed by atoms with Gasteiger partial charge in [-0.1, -0.05) is 13.8 Å². The Balaban J connectivity index is 0.00000363. The maximum atomic E-state index is 5.53. The van der Waals surface area contributed by atoms with E-state index in [-0.39, 0.29) is 24.0 Å². The molecule has 0 spiro atoms. The molecule has 0 amide bonds. The van der Waals surface area contributed by atoms with Crippen molar-refractivity contribution in [2.75, 3.05) is 77.5 Å². The number of hydrogen-bond acceptors (Lipinski definition) is 6. The molecule has 2 N–H and O–H groups in total. The van der Waals surface area contributed by atoms with Gasteiger partial charge in [-0.25, -0.2) is 9.98 Å². The highest BCUT2D eigenvalue weighted by molar-refractivity contribution is 14.0. The minimum atomic E-state index is 0. The van der Waals surface area contributed by atoms with Crippen molar-refractivity contribution in [2.45, 2.75) is 33.4 Å². The first-order valence-electron chi connectivity index (χ1n) is 11.8.